The molecule has 0 heterocycles. The van der Waals surface area contributed by atoms with Crippen LogP contribution in [-0.2, 0) is 4.79 Å². The fraction of sp³-hybridized carbons (Fsp3) is 0.400. The van der Waals surface area contributed by atoms with Crippen LogP contribution in [0.15, 0.2) is 24.3 Å². The Labute approximate surface area is 122 Å². The van der Waals surface area contributed by atoms with Gasteiger partial charge in [-0.3, -0.25) is 9.59 Å². The summed E-state index contributed by atoms with van der Waals surface area (Å²) in [5.41, 5.74) is 4.59. The van der Waals surface area contributed by atoms with E-state index in [0.29, 0.717) is 0 Å². The summed E-state index contributed by atoms with van der Waals surface area (Å²) >= 11 is 0. The minimum atomic E-state index is -0.857. The topological polar surface area (TPSA) is 105 Å². The third-order valence-electron chi connectivity index (χ3n) is 3.54. The molecule has 110 valence electrons. The number of para-hydroxylation sites is 1. The summed E-state index contributed by atoms with van der Waals surface area (Å²) in [6, 6.07) is 8.58. The molecule has 2 rings (SSSR count). The monoisotopic (exact) mass is 287 g/mol. The quantitative estimate of drug-likeness (QED) is 0.813. The Morgan fingerprint density at radius 1 is 1.48 bits per heavy atom. The SMILES string of the molecule is C[C@](C#N)(NC(=O)COc1ccccc1C(N)=O)C1CC1. The van der Waals surface area contributed by atoms with Crippen molar-refractivity contribution < 1.29 is 14.3 Å². The highest BCUT2D eigenvalue weighted by Crippen LogP contribution is 2.39. The van der Waals surface area contributed by atoms with Gasteiger partial charge in [0.15, 0.2) is 6.61 Å². The zero-order valence-corrected chi connectivity index (χ0v) is 11.8. The summed E-state index contributed by atoms with van der Waals surface area (Å²) in [7, 11) is 0. The number of hydrogen-bond acceptors (Lipinski definition) is 4. The fourth-order valence-corrected chi connectivity index (χ4v) is 2.15. The number of hydrogen-bond donors (Lipinski definition) is 2. The third-order valence-corrected chi connectivity index (χ3v) is 3.54. The lowest BCUT2D eigenvalue weighted by Gasteiger charge is -2.22. The number of rotatable bonds is 6. The Morgan fingerprint density at radius 3 is 2.71 bits per heavy atom. The lowest BCUT2D eigenvalue weighted by molar-refractivity contribution is -0.124. The lowest BCUT2D eigenvalue weighted by Crippen LogP contribution is -2.48. The van der Waals surface area contributed by atoms with Gasteiger partial charge in [0.2, 0.25) is 0 Å². The first-order chi connectivity index (χ1) is 9.96. The Kier molecular flexibility index (Phi) is 4.13. The Hall–Kier alpha value is -2.55. The minimum Gasteiger partial charge on any atom is -0.483 e. The van der Waals surface area contributed by atoms with Crippen molar-refractivity contribution >= 4 is 11.8 Å². The second-order valence-corrected chi connectivity index (χ2v) is 5.29. The first-order valence-electron chi connectivity index (χ1n) is 6.70. The molecule has 0 radical (unpaired) electrons. The van der Waals surface area contributed by atoms with E-state index in [2.05, 4.69) is 11.4 Å². The van der Waals surface area contributed by atoms with Crippen LogP contribution in [0.5, 0.6) is 5.75 Å². The molecule has 1 aromatic carbocycles. The molecule has 0 unspecified atom stereocenters. The molecule has 3 N–H and O–H groups in total. The van der Waals surface area contributed by atoms with Crippen molar-refractivity contribution in [2.75, 3.05) is 6.61 Å². The minimum absolute atomic E-state index is 0.198. The Morgan fingerprint density at radius 2 is 2.14 bits per heavy atom. The van der Waals surface area contributed by atoms with Crippen LogP contribution < -0.4 is 15.8 Å². The van der Waals surface area contributed by atoms with Crippen LogP contribution in [0.4, 0.5) is 0 Å². The predicted octanol–water partition coefficient (Wildman–Crippen LogP) is 0.973. The maximum Gasteiger partial charge on any atom is 0.259 e. The van der Waals surface area contributed by atoms with E-state index in [4.69, 9.17) is 10.5 Å². The van der Waals surface area contributed by atoms with Gasteiger partial charge in [0.05, 0.1) is 11.6 Å². The smallest absolute Gasteiger partial charge is 0.259 e. The molecule has 0 spiro atoms. The lowest BCUT2D eigenvalue weighted by atomic mass is 9.98. The molecule has 21 heavy (non-hydrogen) atoms. The van der Waals surface area contributed by atoms with E-state index in [1.165, 1.54) is 6.07 Å². The van der Waals surface area contributed by atoms with Crippen molar-refractivity contribution in [2.45, 2.75) is 25.3 Å². The fourth-order valence-electron chi connectivity index (χ4n) is 2.15. The van der Waals surface area contributed by atoms with Crippen LogP contribution in [0, 0.1) is 17.2 Å². The largest absolute Gasteiger partial charge is 0.483 e. The zero-order valence-electron chi connectivity index (χ0n) is 11.8. The van der Waals surface area contributed by atoms with E-state index in [9.17, 15) is 14.9 Å². The van der Waals surface area contributed by atoms with Gasteiger partial charge in [-0.05, 0) is 37.8 Å². The van der Waals surface area contributed by atoms with Crippen molar-refractivity contribution in [2.24, 2.45) is 11.7 Å². The molecule has 0 saturated heterocycles. The first-order valence-corrected chi connectivity index (χ1v) is 6.70. The molecule has 1 saturated carbocycles. The van der Waals surface area contributed by atoms with Gasteiger partial charge >= 0.3 is 0 Å². The van der Waals surface area contributed by atoms with Crippen molar-refractivity contribution in [3.63, 3.8) is 0 Å². The summed E-state index contributed by atoms with van der Waals surface area (Å²) in [6.45, 7) is 1.44. The summed E-state index contributed by atoms with van der Waals surface area (Å²) in [4.78, 5) is 23.1. The number of nitrogens with two attached hydrogens (primary N) is 1. The van der Waals surface area contributed by atoms with Crippen molar-refractivity contribution in [3.05, 3.63) is 29.8 Å². The van der Waals surface area contributed by atoms with Crippen LogP contribution in [-0.4, -0.2) is 24.0 Å². The molecule has 2 amide bonds. The molecule has 6 nitrogen and oxygen atoms in total. The number of nitriles is 1. The van der Waals surface area contributed by atoms with Crippen LogP contribution in [0.1, 0.15) is 30.1 Å². The van der Waals surface area contributed by atoms with Gasteiger partial charge < -0.3 is 15.8 Å². The molecule has 0 bridgehead atoms. The zero-order chi connectivity index (χ0) is 15.5. The maximum atomic E-state index is 11.9. The van der Waals surface area contributed by atoms with Gasteiger partial charge in [0.25, 0.3) is 11.8 Å². The number of nitrogens with zero attached hydrogens (tertiary/aromatic N) is 1. The van der Waals surface area contributed by atoms with E-state index in [1.807, 2.05) is 0 Å². The van der Waals surface area contributed by atoms with E-state index >= 15 is 0 Å². The molecule has 1 aliphatic rings. The summed E-state index contributed by atoms with van der Waals surface area (Å²) in [5, 5.41) is 11.9. The van der Waals surface area contributed by atoms with Gasteiger partial charge in [-0.2, -0.15) is 5.26 Å². The second-order valence-electron chi connectivity index (χ2n) is 5.29. The van der Waals surface area contributed by atoms with Crippen LogP contribution in [0.3, 0.4) is 0 Å². The van der Waals surface area contributed by atoms with Crippen molar-refractivity contribution in [1.29, 1.82) is 5.26 Å². The average Bonchev–Trinajstić information content (AvgIpc) is 3.30. The van der Waals surface area contributed by atoms with Gasteiger partial charge in [-0.15, -0.1) is 0 Å². The summed E-state index contributed by atoms with van der Waals surface area (Å²) in [6.07, 6.45) is 1.88. The number of amides is 2. The average molecular weight is 287 g/mol. The molecule has 1 aliphatic carbocycles. The van der Waals surface area contributed by atoms with E-state index in [-0.39, 0.29) is 23.8 Å². The maximum absolute atomic E-state index is 11.9. The standard InChI is InChI=1S/C15H17N3O3/c1-15(9-16,10-6-7-10)18-13(19)8-21-12-5-3-2-4-11(12)14(17)20/h2-5,10H,6-8H2,1H3,(H2,17,20)(H,18,19)/t15-/m1/s1. The number of ether oxygens (including phenoxy) is 1. The van der Waals surface area contributed by atoms with E-state index in [0.717, 1.165) is 12.8 Å². The Bertz CT molecular complexity index is 604. The first kappa shape index (κ1) is 14.9. The summed E-state index contributed by atoms with van der Waals surface area (Å²) in [5.74, 6) is -0.564. The molecular formula is C15H17N3O3. The van der Waals surface area contributed by atoms with Gasteiger partial charge in [0, 0.05) is 0 Å². The van der Waals surface area contributed by atoms with Gasteiger partial charge in [0.1, 0.15) is 11.3 Å². The highest BCUT2D eigenvalue weighted by atomic mass is 16.5. The highest BCUT2D eigenvalue weighted by Gasteiger charge is 2.43. The normalized spacial score (nSPS) is 16.4. The molecule has 0 aromatic heterocycles. The van der Waals surface area contributed by atoms with Crippen molar-refractivity contribution in [1.82, 2.24) is 5.32 Å². The second kappa shape index (κ2) is 5.83. The molecule has 0 aliphatic heterocycles. The number of benzene rings is 1. The molecule has 1 aromatic rings. The molecule has 1 atom stereocenters. The predicted molar refractivity (Wildman–Crippen MR) is 75.3 cm³/mol. The number of carbonyl (C=O) groups is 2. The van der Waals surface area contributed by atoms with E-state index in [1.54, 1.807) is 25.1 Å². The number of primary amides is 1. The van der Waals surface area contributed by atoms with Crippen LogP contribution in [0.25, 0.3) is 0 Å². The third kappa shape index (κ3) is 3.51. The van der Waals surface area contributed by atoms with Gasteiger partial charge in [-0.1, -0.05) is 12.1 Å². The summed E-state index contributed by atoms with van der Waals surface area (Å²) < 4.78 is 5.33. The van der Waals surface area contributed by atoms with Gasteiger partial charge in [-0.25, -0.2) is 0 Å². The molecular weight excluding hydrogens is 270 g/mol. The molecule has 1 fully saturated rings. The number of carbonyl (C=O) groups excluding carboxylic acids is 2. The number of nitrogens with one attached hydrogen (secondary N) is 1. The van der Waals surface area contributed by atoms with Crippen LogP contribution in [0.2, 0.25) is 0 Å². The Balaban J connectivity index is 1.96. The van der Waals surface area contributed by atoms with Crippen molar-refractivity contribution in [3.8, 4) is 11.8 Å². The highest BCUT2D eigenvalue weighted by molar-refractivity contribution is 5.95. The molecule has 6 heteroatoms. The van der Waals surface area contributed by atoms with Crippen LogP contribution >= 0.6 is 0 Å². The van der Waals surface area contributed by atoms with E-state index < -0.39 is 17.4 Å².